The molecule has 1 aliphatic rings. The molecule has 1 aliphatic carbocycles. The molecular formula is C28H30FN5O5S. The van der Waals surface area contributed by atoms with E-state index in [1.165, 1.54) is 38.8 Å². The van der Waals surface area contributed by atoms with E-state index in [2.05, 4.69) is 10.0 Å². The third-order valence-corrected chi connectivity index (χ3v) is 7.66. The predicted octanol–water partition coefficient (Wildman–Crippen LogP) is 3.79. The summed E-state index contributed by atoms with van der Waals surface area (Å²) in [5.74, 6) is -0.464. The van der Waals surface area contributed by atoms with Gasteiger partial charge in [0.05, 0.1) is 28.8 Å². The third kappa shape index (κ3) is 4.83. The van der Waals surface area contributed by atoms with Crippen LogP contribution in [0, 0.1) is 12.7 Å². The lowest BCUT2D eigenvalue weighted by Crippen LogP contribution is -2.41. The normalized spacial score (nSPS) is 13.5. The molecule has 2 heterocycles. The lowest BCUT2D eigenvalue weighted by molar-refractivity contribution is 0.607. The molecule has 210 valence electrons. The lowest BCUT2D eigenvalue weighted by atomic mass is 10.1. The van der Waals surface area contributed by atoms with E-state index in [1.54, 1.807) is 31.2 Å². The molecule has 0 atom stereocenters. The first-order valence-electron chi connectivity index (χ1n) is 13.0. The number of pyridine rings is 1. The van der Waals surface area contributed by atoms with Crippen LogP contribution in [0.25, 0.3) is 16.6 Å². The quantitative estimate of drug-likeness (QED) is 0.334. The minimum atomic E-state index is -3.61. The van der Waals surface area contributed by atoms with Gasteiger partial charge in [0.1, 0.15) is 17.0 Å². The summed E-state index contributed by atoms with van der Waals surface area (Å²) in [5, 5.41) is 3.05. The van der Waals surface area contributed by atoms with E-state index in [-0.39, 0.29) is 51.9 Å². The van der Waals surface area contributed by atoms with E-state index in [9.17, 15) is 22.8 Å². The van der Waals surface area contributed by atoms with Gasteiger partial charge in [0, 0.05) is 18.2 Å². The van der Waals surface area contributed by atoms with Crippen LogP contribution in [0.5, 0.6) is 0 Å². The summed E-state index contributed by atoms with van der Waals surface area (Å²) in [4.78, 5) is 41.5. The van der Waals surface area contributed by atoms with E-state index in [0.29, 0.717) is 19.3 Å². The fraction of sp³-hybridized carbons (Fsp3) is 0.321. The molecule has 5 rings (SSSR count). The largest absolute Gasteiger partial charge is 0.338 e. The highest BCUT2D eigenvalue weighted by Crippen LogP contribution is 2.34. The molecule has 2 aromatic heterocycles. The van der Waals surface area contributed by atoms with Crippen molar-refractivity contribution in [3.05, 3.63) is 90.6 Å². The summed E-state index contributed by atoms with van der Waals surface area (Å²) < 4.78 is 45.0. The van der Waals surface area contributed by atoms with Gasteiger partial charge < -0.3 is 5.32 Å². The van der Waals surface area contributed by atoms with Gasteiger partial charge in [-0.25, -0.2) is 17.6 Å². The van der Waals surface area contributed by atoms with E-state index in [4.69, 9.17) is 0 Å². The molecule has 10 nitrogen and oxygen atoms in total. The molecule has 0 spiro atoms. The van der Waals surface area contributed by atoms with Crippen molar-refractivity contribution in [1.82, 2.24) is 13.7 Å². The van der Waals surface area contributed by atoms with Crippen LogP contribution in [0.3, 0.4) is 0 Å². The monoisotopic (exact) mass is 567 g/mol. The predicted molar refractivity (Wildman–Crippen MR) is 154 cm³/mol. The van der Waals surface area contributed by atoms with Gasteiger partial charge in [-0.05, 0) is 69.0 Å². The first-order valence-corrected chi connectivity index (χ1v) is 14.9. The highest BCUT2D eigenvalue weighted by atomic mass is 32.2. The average Bonchev–Trinajstić information content (AvgIpc) is 3.72. The Hall–Kier alpha value is -4.19. The number of rotatable bonds is 8. The van der Waals surface area contributed by atoms with Crippen LogP contribution >= 0.6 is 0 Å². The second kappa shape index (κ2) is 10.1. The summed E-state index contributed by atoms with van der Waals surface area (Å²) in [5.41, 5.74) is -0.102. The van der Waals surface area contributed by atoms with Crippen LogP contribution in [-0.4, -0.2) is 28.4 Å². The van der Waals surface area contributed by atoms with E-state index < -0.39 is 32.6 Å². The minimum Gasteiger partial charge on any atom is -0.338 e. The van der Waals surface area contributed by atoms with E-state index in [0.717, 1.165) is 11.8 Å². The molecule has 0 unspecified atom stereocenters. The van der Waals surface area contributed by atoms with Crippen LogP contribution in [0.1, 0.15) is 43.9 Å². The zero-order valence-corrected chi connectivity index (χ0v) is 23.4. The number of aryl methyl sites for hydroxylation is 2. The number of aromatic nitrogens is 3. The Balaban J connectivity index is 1.90. The Morgan fingerprint density at radius 1 is 1.02 bits per heavy atom. The summed E-state index contributed by atoms with van der Waals surface area (Å²) in [6.07, 6.45) is 2.92. The number of sulfonamides is 1. The number of fused-ring (bicyclic) bond motifs is 1. The van der Waals surface area contributed by atoms with Crippen molar-refractivity contribution in [2.45, 2.75) is 52.6 Å². The molecule has 4 aromatic rings. The van der Waals surface area contributed by atoms with Crippen molar-refractivity contribution < 1.29 is 12.8 Å². The summed E-state index contributed by atoms with van der Waals surface area (Å²) in [7, 11) is -3.61. The fourth-order valence-corrected chi connectivity index (χ4v) is 5.54. The van der Waals surface area contributed by atoms with Gasteiger partial charge in [-0.1, -0.05) is 19.1 Å². The van der Waals surface area contributed by atoms with Gasteiger partial charge in [-0.2, -0.15) is 0 Å². The molecule has 0 aliphatic heterocycles. The van der Waals surface area contributed by atoms with Gasteiger partial charge in [-0.3, -0.25) is 28.0 Å². The second-order valence-corrected chi connectivity index (χ2v) is 11.7. The van der Waals surface area contributed by atoms with Gasteiger partial charge in [0.15, 0.2) is 0 Å². The van der Waals surface area contributed by atoms with Crippen LogP contribution < -0.4 is 26.8 Å². The van der Waals surface area contributed by atoms with Crippen molar-refractivity contribution in [3.8, 4) is 5.69 Å². The number of nitrogens with one attached hydrogen (secondary N) is 2. The number of halogens is 1. The Morgan fingerprint density at radius 2 is 1.75 bits per heavy atom. The molecule has 1 saturated carbocycles. The van der Waals surface area contributed by atoms with Crippen LogP contribution in [0.4, 0.5) is 21.6 Å². The van der Waals surface area contributed by atoms with Crippen molar-refractivity contribution in [1.29, 1.82) is 0 Å². The maximum absolute atomic E-state index is 15.1. The molecule has 2 aromatic carbocycles. The standard InChI is InChI=1S/C28H30FN5O5S/c1-5-17-10-13-22(21(29)14-17)30-25-23-24(16(3)26(35)32(25)6-2)33(28(37)34(27(23)36)19-11-12-19)20-9-7-8-18(15-20)31-40(4,38)39/h7-10,13-15,19,30-31H,5-6,11-12H2,1-4H3. The molecule has 2 N–H and O–H groups in total. The van der Waals surface area contributed by atoms with Gasteiger partial charge in [-0.15, -0.1) is 0 Å². The smallest absolute Gasteiger partial charge is 0.336 e. The molecule has 12 heteroatoms. The first kappa shape index (κ1) is 27.4. The zero-order chi connectivity index (χ0) is 28.9. The third-order valence-electron chi connectivity index (χ3n) is 7.05. The molecule has 0 radical (unpaired) electrons. The number of nitrogens with zero attached hydrogens (tertiary/aromatic N) is 3. The average molecular weight is 568 g/mol. The zero-order valence-electron chi connectivity index (χ0n) is 22.6. The van der Waals surface area contributed by atoms with Crippen molar-refractivity contribution in [2.75, 3.05) is 16.3 Å². The Bertz CT molecular complexity index is 1960. The number of hydrogen-bond donors (Lipinski definition) is 2. The van der Waals surface area contributed by atoms with Gasteiger partial charge in [0.25, 0.3) is 11.1 Å². The SMILES string of the molecule is CCc1ccc(Nc2c3c(=O)n(C4CC4)c(=O)n(-c4cccc(NS(C)(=O)=O)c4)c3c(C)c(=O)n2CC)c(F)c1. The highest BCUT2D eigenvalue weighted by Gasteiger charge is 2.32. The van der Waals surface area contributed by atoms with Gasteiger partial charge >= 0.3 is 5.69 Å². The minimum absolute atomic E-state index is 0.0610. The van der Waals surface area contributed by atoms with E-state index >= 15 is 4.39 Å². The number of anilines is 3. The molecule has 0 bridgehead atoms. The summed E-state index contributed by atoms with van der Waals surface area (Å²) >= 11 is 0. The molecule has 40 heavy (non-hydrogen) atoms. The maximum atomic E-state index is 15.1. The summed E-state index contributed by atoms with van der Waals surface area (Å²) in [6, 6.07) is 10.5. The van der Waals surface area contributed by atoms with Crippen LogP contribution in [0.2, 0.25) is 0 Å². The highest BCUT2D eigenvalue weighted by molar-refractivity contribution is 7.92. The number of hydrogen-bond acceptors (Lipinski definition) is 6. The lowest BCUT2D eigenvalue weighted by Gasteiger charge is -2.22. The molecular weight excluding hydrogens is 537 g/mol. The molecule has 0 amide bonds. The number of benzene rings is 2. The van der Waals surface area contributed by atoms with Crippen LogP contribution in [0.15, 0.2) is 56.8 Å². The maximum Gasteiger partial charge on any atom is 0.336 e. The van der Waals surface area contributed by atoms with E-state index in [1.807, 2.05) is 6.92 Å². The first-order chi connectivity index (χ1) is 18.9. The Morgan fingerprint density at radius 3 is 2.35 bits per heavy atom. The van der Waals surface area contributed by atoms with Crippen molar-refractivity contribution in [2.24, 2.45) is 0 Å². The van der Waals surface area contributed by atoms with Gasteiger partial charge in [0.2, 0.25) is 10.0 Å². The Kier molecular flexibility index (Phi) is 6.90. The fourth-order valence-electron chi connectivity index (χ4n) is 4.99. The molecule has 0 saturated heterocycles. The van der Waals surface area contributed by atoms with Crippen molar-refractivity contribution >= 4 is 38.1 Å². The topological polar surface area (TPSA) is 124 Å². The molecule has 1 fully saturated rings. The van der Waals surface area contributed by atoms with Crippen molar-refractivity contribution in [3.63, 3.8) is 0 Å². The summed E-state index contributed by atoms with van der Waals surface area (Å²) in [6.45, 7) is 5.36. The van der Waals surface area contributed by atoms with Crippen LogP contribution in [-0.2, 0) is 23.0 Å². The Labute approximate surface area is 229 Å². The second-order valence-electron chi connectivity index (χ2n) is 9.99.